The van der Waals surface area contributed by atoms with Crippen LogP contribution in [0.4, 0.5) is 8.78 Å². The number of hydrogen-bond donors (Lipinski definition) is 2. The van der Waals surface area contributed by atoms with Gasteiger partial charge in [0.2, 0.25) is 11.6 Å². The summed E-state index contributed by atoms with van der Waals surface area (Å²) in [5, 5.41) is 15.6. The third-order valence-electron chi connectivity index (χ3n) is 11.1. The van der Waals surface area contributed by atoms with Crippen molar-refractivity contribution in [3.05, 3.63) is 184 Å². The quantitative estimate of drug-likeness (QED) is 0.131. The SMILES string of the molecule is C/C=C/c1ccc(-c2ccccc2-c2nc3cc(C(=O)N[C@@H]4CCNC4=O)ccn3c2C#[N+]C/C=C/c2ccc(-c3ccccc3-c3nc4cc(C=O)ccn4c3C#N)c(F)c2)c(F)c1. The molecule has 0 aliphatic carbocycles. The highest BCUT2D eigenvalue weighted by Gasteiger charge is 2.27. The van der Waals surface area contributed by atoms with Gasteiger partial charge in [-0.25, -0.2) is 18.7 Å². The van der Waals surface area contributed by atoms with Crippen LogP contribution in [0.15, 0.2) is 134 Å². The van der Waals surface area contributed by atoms with Crippen molar-refractivity contribution < 1.29 is 23.2 Å². The number of aldehydes is 1. The highest BCUT2D eigenvalue weighted by atomic mass is 19.1. The Morgan fingerprint density at radius 1 is 0.785 bits per heavy atom. The average Bonchev–Trinajstić information content (AvgIpc) is 4.02. The lowest BCUT2D eigenvalue weighted by atomic mass is 9.95. The Kier molecular flexibility index (Phi) is 11.4. The summed E-state index contributed by atoms with van der Waals surface area (Å²) in [5.41, 5.74) is 7.41. The first kappa shape index (κ1) is 41.5. The van der Waals surface area contributed by atoms with Crippen LogP contribution in [0.1, 0.15) is 56.6 Å². The molecule has 0 unspecified atom stereocenters. The van der Waals surface area contributed by atoms with Crippen LogP contribution >= 0.6 is 0 Å². The number of carbonyl (C=O) groups is 3. The van der Waals surface area contributed by atoms with Crippen molar-refractivity contribution in [1.82, 2.24) is 29.4 Å². The van der Waals surface area contributed by atoms with Gasteiger partial charge in [0.05, 0.1) is 0 Å². The van der Waals surface area contributed by atoms with Gasteiger partial charge in [-0.15, -0.1) is 0 Å². The summed E-state index contributed by atoms with van der Waals surface area (Å²) in [6.45, 7) is 2.51. The normalized spacial score (nSPS) is 13.6. The molecule has 1 aliphatic heterocycles. The monoisotopic (exact) mass is 859 g/mol. The number of allylic oxidation sites excluding steroid dienone is 1. The van der Waals surface area contributed by atoms with Gasteiger partial charge in [0.15, 0.2) is 5.69 Å². The third-order valence-corrected chi connectivity index (χ3v) is 11.1. The fourth-order valence-electron chi connectivity index (χ4n) is 7.99. The van der Waals surface area contributed by atoms with E-state index in [1.54, 1.807) is 100 Å². The average molecular weight is 860 g/mol. The molecule has 5 heterocycles. The summed E-state index contributed by atoms with van der Waals surface area (Å²) in [6, 6.07) is 35.5. The maximum atomic E-state index is 16.0. The summed E-state index contributed by atoms with van der Waals surface area (Å²) in [7, 11) is 0. The number of nitriles is 1. The molecule has 0 bridgehead atoms. The highest BCUT2D eigenvalue weighted by molar-refractivity contribution is 5.99. The van der Waals surface area contributed by atoms with E-state index in [1.165, 1.54) is 12.1 Å². The molecule has 65 heavy (non-hydrogen) atoms. The van der Waals surface area contributed by atoms with Gasteiger partial charge < -0.3 is 10.6 Å². The Morgan fingerprint density at radius 3 is 1.98 bits per heavy atom. The number of halogens is 2. The zero-order valence-electron chi connectivity index (χ0n) is 34.8. The van der Waals surface area contributed by atoms with E-state index in [0.717, 1.165) is 5.56 Å². The number of carbonyl (C=O) groups excluding carboxylic acids is 3. The van der Waals surface area contributed by atoms with Gasteiger partial charge in [0.1, 0.15) is 52.7 Å². The van der Waals surface area contributed by atoms with Gasteiger partial charge in [0.25, 0.3) is 12.5 Å². The predicted octanol–water partition coefficient (Wildman–Crippen LogP) is 9.66. The van der Waals surface area contributed by atoms with Crippen LogP contribution < -0.4 is 10.6 Å². The number of aromatic nitrogens is 4. The second kappa shape index (κ2) is 17.9. The summed E-state index contributed by atoms with van der Waals surface area (Å²) < 4.78 is 35.0. The molecule has 2 amide bonds. The summed E-state index contributed by atoms with van der Waals surface area (Å²) in [4.78, 5) is 51.0. The maximum absolute atomic E-state index is 16.0. The molecule has 9 rings (SSSR count). The second-order valence-corrected chi connectivity index (χ2v) is 15.2. The minimum absolute atomic E-state index is 0.155. The molecule has 4 aromatic heterocycles. The molecular formula is C52H37F2N8O3+. The number of hydrogen-bond acceptors (Lipinski definition) is 6. The zero-order chi connectivity index (χ0) is 45.0. The number of rotatable bonds is 10. The third kappa shape index (κ3) is 8.18. The first-order chi connectivity index (χ1) is 31.7. The first-order valence-corrected chi connectivity index (χ1v) is 20.7. The largest absolute Gasteiger partial charge is 0.354 e. The van der Waals surface area contributed by atoms with Crippen LogP contribution in [0, 0.1) is 29.0 Å². The van der Waals surface area contributed by atoms with Gasteiger partial charge in [-0.2, -0.15) is 5.26 Å². The molecule has 4 aromatic carbocycles. The zero-order valence-corrected chi connectivity index (χ0v) is 34.8. The standard InChI is InChI=1S/C52H36F2N8O3/c1-2-8-32-14-16-38(42(53)25-32)37-11-4-6-13-41(37)50-46(62-24-20-35(28-48(62)60-50)51(64)58-44-18-22-57-52(44)65)30-56-21-7-9-33-15-17-39(43(54)26-33)36-10-3-5-12-40(36)49-45(29-55)61-23-19-34(31-63)27-47(61)59-49/h2-17,19-20,23-28,31,44H,18,21-22H2,1H3,(H-,57,58,64,65)/p+1/b8-2+,9-7+/t44-/m1/s1. The molecule has 0 saturated carbocycles. The molecule has 11 nitrogen and oxygen atoms in total. The lowest BCUT2D eigenvalue weighted by molar-refractivity contribution is -0.120. The van der Waals surface area contributed by atoms with Crippen molar-refractivity contribution in [3.8, 4) is 56.9 Å². The van der Waals surface area contributed by atoms with Crippen molar-refractivity contribution in [1.29, 1.82) is 5.26 Å². The van der Waals surface area contributed by atoms with E-state index in [4.69, 9.17) is 4.98 Å². The number of amides is 2. The van der Waals surface area contributed by atoms with Crippen LogP contribution in [-0.4, -0.2) is 56.0 Å². The molecule has 1 atom stereocenters. The first-order valence-electron chi connectivity index (χ1n) is 20.7. The lowest BCUT2D eigenvalue weighted by Gasteiger charge is -2.10. The summed E-state index contributed by atoms with van der Waals surface area (Å²) >= 11 is 0. The molecule has 1 fully saturated rings. The number of imidazole rings is 2. The fraction of sp³-hybridized carbons (Fsp3) is 0.0962. The molecule has 8 aromatic rings. The van der Waals surface area contributed by atoms with Crippen LogP contribution in [0.5, 0.6) is 0 Å². The van der Waals surface area contributed by atoms with Gasteiger partial charge in [-0.1, -0.05) is 95.9 Å². The van der Waals surface area contributed by atoms with Crippen molar-refractivity contribution >= 4 is 41.5 Å². The second-order valence-electron chi connectivity index (χ2n) is 15.2. The van der Waals surface area contributed by atoms with E-state index in [0.29, 0.717) is 97.7 Å². The summed E-state index contributed by atoms with van der Waals surface area (Å²) in [5.74, 6) is -1.54. The Balaban J connectivity index is 1.02. The molecule has 1 saturated heterocycles. The maximum Gasteiger partial charge on any atom is 0.332 e. The van der Waals surface area contributed by atoms with E-state index < -0.39 is 23.6 Å². The van der Waals surface area contributed by atoms with Gasteiger partial charge in [0, 0.05) is 52.3 Å². The van der Waals surface area contributed by atoms with Crippen LogP contribution in [0.3, 0.4) is 0 Å². The minimum Gasteiger partial charge on any atom is -0.354 e. The Labute approximate surface area is 371 Å². The van der Waals surface area contributed by atoms with Crippen molar-refractivity contribution in [3.63, 3.8) is 0 Å². The Morgan fingerprint density at radius 2 is 1.38 bits per heavy atom. The topological polar surface area (TPSA) is 138 Å². The lowest BCUT2D eigenvalue weighted by Crippen LogP contribution is -2.40. The Bertz CT molecular complexity index is 3400. The van der Waals surface area contributed by atoms with Crippen molar-refractivity contribution in [2.24, 2.45) is 0 Å². The molecule has 1 aliphatic rings. The number of pyridine rings is 2. The van der Waals surface area contributed by atoms with Crippen LogP contribution in [-0.2, 0) is 4.79 Å². The molecule has 0 radical (unpaired) electrons. The van der Waals surface area contributed by atoms with E-state index in [-0.39, 0.29) is 18.1 Å². The van der Waals surface area contributed by atoms with E-state index in [2.05, 4.69) is 32.6 Å². The van der Waals surface area contributed by atoms with Gasteiger partial charge >= 0.3 is 6.07 Å². The molecule has 0 spiro atoms. The summed E-state index contributed by atoms with van der Waals surface area (Å²) in [6.07, 6.45) is 11.7. The number of nitrogens with one attached hydrogen (secondary N) is 2. The number of fused-ring (bicyclic) bond motifs is 2. The van der Waals surface area contributed by atoms with E-state index in [9.17, 15) is 19.6 Å². The molecule has 316 valence electrons. The molecular weight excluding hydrogens is 823 g/mol. The molecule has 2 N–H and O–H groups in total. The number of nitrogens with zero attached hydrogens (tertiary/aromatic N) is 6. The van der Waals surface area contributed by atoms with Gasteiger partial charge in [-0.05, 0) is 78.1 Å². The van der Waals surface area contributed by atoms with Crippen molar-refractivity contribution in [2.75, 3.05) is 13.1 Å². The van der Waals surface area contributed by atoms with Crippen LogP contribution in [0.25, 0.3) is 73.1 Å². The van der Waals surface area contributed by atoms with Crippen molar-refractivity contribution in [2.45, 2.75) is 19.4 Å². The van der Waals surface area contributed by atoms with E-state index in [1.807, 2.05) is 49.4 Å². The minimum atomic E-state index is -0.626. The van der Waals surface area contributed by atoms with Gasteiger partial charge in [-0.3, -0.25) is 23.2 Å². The van der Waals surface area contributed by atoms with Crippen LogP contribution in [0.2, 0.25) is 0 Å². The predicted molar refractivity (Wildman–Crippen MR) is 246 cm³/mol. The number of benzene rings is 4. The highest BCUT2D eigenvalue weighted by Crippen LogP contribution is 2.37. The molecule has 13 heteroatoms. The smallest absolute Gasteiger partial charge is 0.332 e. The van der Waals surface area contributed by atoms with E-state index >= 15 is 8.78 Å². The Hall–Kier alpha value is -8.81. The fourth-order valence-corrected chi connectivity index (χ4v) is 7.99.